The van der Waals surface area contributed by atoms with Crippen molar-refractivity contribution in [3.8, 4) is 0 Å². The zero-order chi connectivity index (χ0) is 15.2. The third-order valence-corrected chi connectivity index (χ3v) is 5.13. The third kappa shape index (κ3) is 5.23. The van der Waals surface area contributed by atoms with E-state index in [1.165, 1.54) is 0 Å². The summed E-state index contributed by atoms with van der Waals surface area (Å²) < 4.78 is 27.0. The van der Waals surface area contributed by atoms with Gasteiger partial charge in [0, 0.05) is 6.04 Å². The fraction of sp³-hybridized carbons (Fsp3) is 0.600. The van der Waals surface area contributed by atoms with Crippen LogP contribution in [-0.2, 0) is 22.4 Å². The molecule has 0 aliphatic rings. The summed E-state index contributed by atoms with van der Waals surface area (Å²) in [6.07, 6.45) is 1.93. The van der Waals surface area contributed by atoms with Gasteiger partial charge in [-0.05, 0) is 24.0 Å². The summed E-state index contributed by atoms with van der Waals surface area (Å²) in [5.74, 6) is 0.338. The Kier molecular flexibility index (Phi) is 6.65. The smallest absolute Gasteiger partial charge is 0.216 e. The van der Waals surface area contributed by atoms with E-state index >= 15 is 0 Å². The molecule has 1 rings (SSSR count). The lowest BCUT2D eigenvalue weighted by molar-refractivity contribution is 0.282. The van der Waals surface area contributed by atoms with Crippen molar-refractivity contribution in [1.29, 1.82) is 0 Å². The summed E-state index contributed by atoms with van der Waals surface area (Å²) in [6.45, 7) is 6.04. The van der Waals surface area contributed by atoms with Gasteiger partial charge in [-0.3, -0.25) is 0 Å². The van der Waals surface area contributed by atoms with Crippen molar-refractivity contribution in [2.45, 2.75) is 52.0 Å². The fourth-order valence-electron chi connectivity index (χ4n) is 2.38. The first-order valence-corrected chi connectivity index (χ1v) is 8.75. The molecule has 1 unspecified atom stereocenters. The van der Waals surface area contributed by atoms with Crippen molar-refractivity contribution >= 4 is 10.0 Å². The molecular weight excluding hydrogens is 274 g/mol. The first-order valence-electron chi connectivity index (χ1n) is 7.10. The van der Waals surface area contributed by atoms with Gasteiger partial charge in [-0.15, -0.1) is 0 Å². The van der Waals surface area contributed by atoms with Crippen LogP contribution in [0.3, 0.4) is 0 Å². The van der Waals surface area contributed by atoms with E-state index < -0.39 is 10.0 Å². The SMILES string of the molecule is CCC(CC)C(C)NS(=O)(=O)Cc1ccc(CO)cc1. The predicted octanol–water partition coefficient (Wildman–Crippen LogP) is 2.42. The van der Waals surface area contributed by atoms with Gasteiger partial charge in [0.05, 0.1) is 12.4 Å². The molecule has 114 valence electrons. The lowest BCUT2D eigenvalue weighted by atomic mass is 9.96. The largest absolute Gasteiger partial charge is 0.392 e. The topological polar surface area (TPSA) is 66.4 Å². The quantitative estimate of drug-likeness (QED) is 0.774. The monoisotopic (exact) mass is 299 g/mol. The highest BCUT2D eigenvalue weighted by molar-refractivity contribution is 7.88. The van der Waals surface area contributed by atoms with Crippen molar-refractivity contribution in [2.24, 2.45) is 5.92 Å². The summed E-state index contributed by atoms with van der Waals surface area (Å²) in [5, 5.41) is 8.96. The Morgan fingerprint density at radius 2 is 1.60 bits per heavy atom. The molecule has 0 aliphatic carbocycles. The Morgan fingerprint density at radius 1 is 1.10 bits per heavy atom. The zero-order valence-electron chi connectivity index (χ0n) is 12.5. The highest BCUT2D eigenvalue weighted by Gasteiger charge is 2.20. The van der Waals surface area contributed by atoms with Gasteiger partial charge in [0.25, 0.3) is 0 Å². The first kappa shape index (κ1) is 17.1. The van der Waals surface area contributed by atoms with Gasteiger partial charge in [0.1, 0.15) is 0 Å². The molecule has 0 saturated heterocycles. The Morgan fingerprint density at radius 3 is 2.05 bits per heavy atom. The molecule has 1 aromatic rings. The van der Waals surface area contributed by atoms with Crippen LogP contribution in [0.15, 0.2) is 24.3 Å². The highest BCUT2D eigenvalue weighted by atomic mass is 32.2. The van der Waals surface area contributed by atoms with E-state index in [0.29, 0.717) is 5.92 Å². The van der Waals surface area contributed by atoms with Crippen LogP contribution < -0.4 is 4.72 Å². The van der Waals surface area contributed by atoms with Gasteiger partial charge in [0.2, 0.25) is 10.0 Å². The lowest BCUT2D eigenvalue weighted by Crippen LogP contribution is -2.38. The van der Waals surface area contributed by atoms with Gasteiger partial charge >= 0.3 is 0 Å². The number of aliphatic hydroxyl groups is 1. The Labute approximate surface area is 122 Å². The molecule has 0 amide bonds. The number of hydrogen-bond donors (Lipinski definition) is 2. The molecule has 1 atom stereocenters. The zero-order valence-corrected chi connectivity index (χ0v) is 13.3. The van der Waals surface area contributed by atoms with E-state index in [2.05, 4.69) is 18.6 Å². The van der Waals surface area contributed by atoms with Crippen LogP contribution in [0.1, 0.15) is 44.7 Å². The summed E-state index contributed by atoms with van der Waals surface area (Å²) in [4.78, 5) is 0. The average molecular weight is 299 g/mol. The van der Waals surface area contributed by atoms with Crippen molar-refractivity contribution < 1.29 is 13.5 Å². The van der Waals surface area contributed by atoms with E-state index in [4.69, 9.17) is 5.11 Å². The number of rotatable bonds is 8. The Balaban J connectivity index is 2.69. The second-order valence-corrected chi connectivity index (χ2v) is 6.97. The summed E-state index contributed by atoms with van der Waals surface area (Å²) in [7, 11) is -3.33. The van der Waals surface area contributed by atoms with Crippen LogP contribution >= 0.6 is 0 Å². The maximum absolute atomic E-state index is 12.1. The van der Waals surface area contributed by atoms with E-state index in [1.807, 2.05) is 6.92 Å². The molecule has 5 heteroatoms. The molecule has 20 heavy (non-hydrogen) atoms. The number of hydrogen-bond acceptors (Lipinski definition) is 3. The van der Waals surface area contributed by atoms with Crippen molar-refractivity contribution in [2.75, 3.05) is 0 Å². The van der Waals surface area contributed by atoms with Crippen LogP contribution in [0.4, 0.5) is 0 Å². The number of nitrogens with one attached hydrogen (secondary N) is 1. The van der Waals surface area contributed by atoms with Crippen LogP contribution in [0, 0.1) is 5.92 Å². The minimum absolute atomic E-state index is 0.0246. The molecule has 0 fully saturated rings. The average Bonchev–Trinajstić information content (AvgIpc) is 2.39. The Bertz CT molecular complexity index is 492. The predicted molar refractivity (Wildman–Crippen MR) is 81.7 cm³/mol. The second kappa shape index (κ2) is 7.76. The van der Waals surface area contributed by atoms with E-state index in [0.717, 1.165) is 24.0 Å². The number of sulfonamides is 1. The van der Waals surface area contributed by atoms with Gasteiger partial charge in [-0.2, -0.15) is 0 Å². The van der Waals surface area contributed by atoms with Crippen LogP contribution in [0.25, 0.3) is 0 Å². The molecule has 0 saturated carbocycles. The lowest BCUT2D eigenvalue weighted by Gasteiger charge is -2.22. The molecule has 0 spiro atoms. The van der Waals surface area contributed by atoms with Gasteiger partial charge in [-0.1, -0.05) is 51.0 Å². The maximum atomic E-state index is 12.1. The minimum Gasteiger partial charge on any atom is -0.392 e. The molecule has 0 radical (unpaired) electrons. The molecule has 0 aliphatic heterocycles. The molecule has 0 aromatic heterocycles. The third-order valence-electron chi connectivity index (χ3n) is 3.68. The summed E-state index contributed by atoms with van der Waals surface area (Å²) >= 11 is 0. The van der Waals surface area contributed by atoms with Crippen LogP contribution in [0.2, 0.25) is 0 Å². The standard InChI is InChI=1S/C15H25NO3S/c1-4-15(5-2)12(3)16-20(18,19)11-14-8-6-13(10-17)7-9-14/h6-9,12,15-17H,4-5,10-11H2,1-3H3. The molecule has 2 N–H and O–H groups in total. The fourth-order valence-corrected chi connectivity index (χ4v) is 3.85. The minimum atomic E-state index is -3.33. The van der Waals surface area contributed by atoms with Crippen molar-refractivity contribution in [3.05, 3.63) is 35.4 Å². The summed E-state index contributed by atoms with van der Waals surface area (Å²) in [6, 6.07) is 6.93. The van der Waals surface area contributed by atoms with E-state index in [1.54, 1.807) is 24.3 Å². The van der Waals surface area contributed by atoms with Crippen molar-refractivity contribution in [1.82, 2.24) is 4.72 Å². The molecule has 0 bridgehead atoms. The second-order valence-electron chi connectivity index (χ2n) is 5.22. The van der Waals surface area contributed by atoms with E-state index in [-0.39, 0.29) is 18.4 Å². The number of benzene rings is 1. The summed E-state index contributed by atoms with van der Waals surface area (Å²) in [5.41, 5.74) is 1.51. The molecule has 4 nitrogen and oxygen atoms in total. The van der Waals surface area contributed by atoms with Gasteiger partial charge in [0.15, 0.2) is 0 Å². The normalized spacial score (nSPS) is 13.7. The number of aliphatic hydroxyl groups excluding tert-OH is 1. The maximum Gasteiger partial charge on any atom is 0.216 e. The molecule has 1 aromatic carbocycles. The molecular formula is C15H25NO3S. The highest BCUT2D eigenvalue weighted by Crippen LogP contribution is 2.15. The Hall–Kier alpha value is -0.910. The van der Waals surface area contributed by atoms with Gasteiger partial charge in [-0.25, -0.2) is 13.1 Å². The molecule has 0 heterocycles. The van der Waals surface area contributed by atoms with Crippen LogP contribution in [0.5, 0.6) is 0 Å². The van der Waals surface area contributed by atoms with E-state index in [9.17, 15) is 8.42 Å². The van der Waals surface area contributed by atoms with Gasteiger partial charge < -0.3 is 5.11 Å². The van der Waals surface area contributed by atoms with Crippen LogP contribution in [-0.4, -0.2) is 19.6 Å². The first-order chi connectivity index (χ1) is 9.41. The van der Waals surface area contributed by atoms with Crippen molar-refractivity contribution in [3.63, 3.8) is 0 Å².